The summed E-state index contributed by atoms with van der Waals surface area (Å²) in [7, 11) is 0. The van der Waals surface area contributed by atoms with Crippen LogP contribution in [0.1, 0.15) is 0 Å². The molecule has 0 aromatic heterocycles. The Kier molecular flexibility index (Phi) is 16.1. The minimum absolute atomic E-state index is 0.809. The summed E-state index contributed by atoms with van der Waals surface area (Å²) in [6.07, 6.45) is -45.9. The van der Waals surface area contributed by atoms with Crippen molar-refractivity contribution < 1.29 is 129 Å². The summed E-state index contributed by atoms with van der Waals surface area (Å²) in [6.45, 7) is -4.49. The first kappa shape index (κ1) is 46.0. The topological polar surface area (TPSA) is 427 Å². The van der Waals surface area contributed by atoms with E-state index in [1.807, 2.05) is 0 Å². The van der Waals surface area contributed by atoms with Crippen molar-refractivity contribution in [1.29, 1.82) is 0 Å². The molecule has 5 saturated heterocycles. The van der Waals surface area contributed by atoms with E-state index in [-0.39, 0.29) is 0 Å². The van der Waals surface area contributed by atoms with Crippen molar-refractivity contribution in [3.8, 4) is 0 Å². The van der Waals surface area contributed by atoms with Gasteiger partial charge in [0, 0.05) is 0 Å². The molecule has 0 aromatic carbocycles. The molecule has 0 amide bonds. The van der Waals surface area contributed by atoms with Gasteiger partial charge < -0.3 is 129 Å². The van der Waals surface area contributed by atoms with Crippen LogP contribution in [0.2, 0.25) is 0 Å². The molecule has 0 spiro atoms. The zero-order valence-corrected chi connectivity index (χ0v) is 29.2. The second-order valence-electron chi connectivity index (χ2n) is 13.9. The number of aliphatic hydroxyl groups is 17. The average molecular weight is 829 g/mol. The first-order chi connectivity index (χ1) is 26.5. The van der Waals surface area contributed by atoms with Crippen molar-refractivity contribution in [2.75, 3.05) is 33.0 Å². The molecule has 0 unspecified atom stereocenters. The van der Waals surface area contributed by atoms with Gasteiger partial charge >= 0.3 is 0 Å². The van der Waals surface area contributed by atoms with Gasteiger partial charge in [-0.3, -0.25) is 0 Å². The summed E-state index contributed by atoms with van der Waals surface area (Å²) in [5.41, 5.74) is 0. The summed E-state index contributed by atoms with van der Waals surface area (Å²) in [5.74, 6) is 0. The maximum atomic E-state index is 11.1. The van der Waals surface area contributed by atoms with Gasteiger partial charge in [-0.05, 0) is 0 Å². The molecule has 0 radical (unpaired) electrons. The van der Waals surface area contributed by atoms with Gasteiger partial charge in [0.1, 0.15) is 122 Å². The number of aliphatic hydroxyl groups excluding tert-OH is 17. The van der Waals surface area contributed by atoms with Gasteiger partial charge in [-0.15, -0.1) is 0 Å². The van der Waals surface area contributed by atoms with Crippen molar-refractivity contribution in [1.82, 2.24) is 0 Å². The van der Waals surface area contributed by atoms with Crippen LogP contribution in [0.3, 0.4) is 0 Å². The molecule has 5 rings (SSSR count). The molecule has 26 nitrogen and oxygen atoms in total. The fourth-order valence-electron chi connectivity index (χ4n) is 7.03. The molecule has 0 saturated carbocycles. The van der Waals surface area contributed by atoms with Gasteiger partial charge in [-0.2, -0.15) is 0 Å². The van der Waals surface area contributed by atoms with E-state index in [0.717, 1.165) is 0 Å². The lowest BCUT2D eigenvalue weighted by Gasteiger charge is -2.49. The second-order valence-corrected chi connectivity index (χ2v) is 13.9. The molecule has 0 bridgehead atoms. The number of ether oxygens (including phenoxy) is 9. The average Bonchev–Trinajstić information content (AvgIpc) is 3.19. The molecule has 56 heavy (non-hydrogen) atoms. The number of hydrogen-bond acceptors (Lipinski definition) is 26. The van der Waals surface area contributed by atoms with Crippen LogP contribution in [-0.2, 0) is 42.6 Å². The van der Waals surface area contributed by atoms with E-state index in [1.54, 1.807) is 0 Å². The first-order valence-electron chi connectivity index (χ1n) is 17.6. The molecule has 17 N–H and O–H groups in total. The van der Waals surface area contributed by atoms with Crippen LogP contribution in [-0.4, -0.2) is 273 Å². The van der Waals surface area contributed by atoms with E-state index in [9.17, 15) is 86.8 Å². The van der Waals surface area contributed by atoms with Crippen LogP contribution < -0.4 is 0 Å². The number of hydrogen-bond donors (Lipinski definition) is 17. The molecule has 25 atom stereocenters. The van der Waals surface area contributed by atoms with Crippen LogP contribution in [0.25, 0.3) is 0 Å². The molecule has 26 heteroatoms. The van der Waals surface area contributed by atoms with Gasteiger partial charge in [0.15, 0.2) is 31.5 Å². The third-order valence-electron chi connectivity index (χ3n) is 10.3. The molecule has 5 aliphatic rings. The summed E-state index contributed by atoms with van der Waals surface area (Å²) >= 11 is 0. The predicted octanol–water partition coefficient (Wildman–Crippen LogP) is -11.9. The highest BCUT2D eigenvalue weighted by molar-refractivity contribution is 4.99. The van der Waals surface area contributed by atoms with Crippen LogP contribution in [0.15, 0.2) is 0 Å². The lowest BCUT2D eigenvalue weighted by Crippen LogP contribution is -2.68. The van der Waals surface area contributed by atoms with E-state index in [2.05, 4.69) is 0 Å². The monoisotopic (exact) mass is 828 g/mol. The molecule has 5 heterocycles. The Hall–Kier alpha value is -1.04. The van der Waals surface area contributed by atoms with Crippen LogP contribution in [0.4, 0.5) is 0 Å². The van der Waals surface area contributed by atoms with E-state index >= 15 is 0 Å². The zero-order chi connectivity index (χ0) is 41.3. The molecular weight excluding hydrogens is 776 g/mol. The largest absolute Gasteiger partial charge is 0.394 e. The van der Waals surface area contributed by atoms with Gasteiger partial charge in [-0.1, -0.05) is 0 Å². The third-order valence-corrected chi connectivity index (χ3v) is 10.3. The minimum atomic E-state index is -2.12. The smallest absolute Gasteiger partial charge is 0.187 e. The highest BCUT2D eigenvalue weighted by atomic mass is 16.8. The highest BCUT2D eigenvalue weighted by Gasteiger charge is 2.56. The van der Waals surface area contributed by atoms with Crippen LogP contribution in [0.5, 0.6) is 0 Å². The van der Waals surface area contributed by atoms with Gasteiger partial charge in [0.25, 0.3) is 0 Å². The summed E-state index contributed by atoms with van der Waals surface area (Å²) in [4.78, 5) is 0. The number of rotatable bonds is 13. The third kappa shape index (κ3) is 9.16. The maximum absolute atomic E-state index is 11.1. The Morgan fingerprint density at radius 1 is 0.268 bits per heavy atom. The molecule has 0 aliphatic carbocycles. The highest BCUT2D eigenvalue weighted by Crippen LogP contribution is 2.35. The Morgan fingerprint density at radius 3 is 0.893 bits per heavy atom. The minimum Gasteiger partial charge on any atom is -0.394 e. The fraction of sp³-hybridized carbons (Fsp3) is 1.00. The molecular formula is C30H52O26. The lowest BCUT2D eigenvalue weighted by molar-refractivity contribution is -0.393. The Balaban J connectivity index is 1.22. The molecule has 5 aliphatic heterocycles. The lowest BCUT2D eigenvalue weighted by atomic mass is 9.95. The Labute approximate surface area is 316 Å². The van der Waals surface area contributed by atoms with E-state index in [0.29, 0.717) is 0 Å². The van der Waals surface area contributed by atoms with E-state index in [1.165, 1.54) is 0 Å². The van der Waals surface area contributed by atoms with Gasteiger partial charge in [0.05, 0.1) is 33.0 Å². The van der Waals surface area contributed by atoms with Crippen molar-refractivity contribution in [3.63, 3.8) is 0 Å². The quantitative estimate of drug-likeness (QED) is 0.0819. The normalized spacial score (nSPS) is 53.2. The second kappa shape index (κ2) is 19.6. The summed E-state index contributed by atoms with van der Waals surface area (Å²) in [6, 6.07) is 0. The van der Waals surface area contributed by atoms with Crippen molar-refractivity contribution in [2.45, 2.75) is 154 Å². The predicted molar refractivity (Wildman–Crippen MR) is 167 cm³/mol. The van der Waals surface area contributed by atoms with Crippen molar-refractivity contribution in [2.24, 2.45) is 0 Å². The van der Waals surface area contributed by atoms with Crippen molar-refractivity contribution >= 4 is 0 Å². The molecule has 0 aromatic rings. The van der Waals surface area contributed by atoms with Crippen LogP contribution in [0, 0.1) is 0 Å². The Bertz CT molecular complexity index is 1200. The van der Waals surface area contributed by atoms with Crippen molar-refractivity contribution in [3.05, 3.63) is 0 Å². The van der Waals surface area contributed by atoms with Gasteiger partial charge in [-0.25, -0.2) is 0 Å². The Morgan fingerprint density at radius 2 is 0.554 bits per heavy atom. The standard InChI is InChI=1S/C30H52O26/c31-1-6-11(36)13(38)17(42)27(49-6)53-22-8(3-33)50-28(18(43)14(22)39)54-23-9(4-34)51-29(19(44)15(23)40)55-24-10(5-35)52-30(20(45)16(24)41)56-25-12(37)7(2-32)48-26(47)21(25)46/h6-47H,1-5H2/t6-,7-,8-,9-,10-,11-,12-,13+,14-,15-,16-,17-,18-,19-,20-,21-,22-,23-,24-,25+,26+,27-,28-,29-,30-/m1/s1. The fourth-order valence-corrected chi connectivity index (χ4v) is 7.03. The maximum Gasteiger partial charge on any atom is 0.187 e. The van der Waals surface area contributed by atoms with Crippen LogP contribution >= 0.6 is 0 Å². The SMILES string of the molecule is OC[C@H]1O[C@H](O[C@H]2[C@H](O)[C@@H](O)[C@@H](O[C@H]3[C@H](O)[C@@H](O)[C@@H](O[C@H]4[C@H](O)[C@@H](O)[C@@H](O[C@@H]5[C@@H](O)[C@@H](O)O[C@H](CO)[C@H]5O)O[C@@H]4CO)O[C@@H]3CO)O[C@@H]2CO)[C@H](O)[C@@H](O)[C@@H]1O. The van der Waals surface area contributed by atoms with E-state index < -0.39 is 187 Å². The summed E-state index contributed by atoms with van der Waals surface area (Å²) in [5, 5.41) is 176. The zero-order valence-electron chi connectivity index (χ0n) is 29.2. The molecule has 328 valence electrons. The van der Waals surface area contributed by atoms with Gasteiger partial charge in [0.2, 0.25) is 0 Å². The summed E-state index contributed by atoms with van der Waals surface area (Å²) < 4.78 is 48.9. The van der Waals surface area contributed by atoms with E-state index in [4.69, 9.17) is 42.6 Å². The first-order valence-corrected chi connectivity index (χ1v) is 17.6. The molecule has 5 fully saturated rings.